The van der Waals surface area contributed by atoms with Gasteiger partial charge in [-0.05, 0) is 37.4 Å². The van der Waals surface area contributed by atoms with Crippen molar-refractivity contribution in [1.29, 1.82) is 0 Å². The molecule has 23 heavy (non-hydrogen) atoms. The molecule has 0 atom stereocenters. The predicted molar refractivity (Wildman–Crippen MR) is 90.0 cm³/mol. The van der Waals surface area contributed by atoms with Crippen molar-refractivity contribution in [2.45, 2.75) is 26.9 Å². The Labute approximate surface area is 139 Å². The van der Waals surface area contributed by atoms with E-state index in [2.05, 4.69) is 16.0 Å². The van der Waals surface area contributed by atoms with E-state index in [0.717, 1.165) is 23.5 Å². The summed E-state index contributed by atoms with van der Waals surface area (Å²) in [6.07, 6.45) is 3.34. The number of hydrogen-bond acceptors (Lipinski definition) is 3. The zero-order chi connectivity index (χ0) is 16.4. The Morgan fingerprint density at radius 2 is 2.13 bits per heavy atom. The summed E-state index contributed by atoms with van der Waals surface area (Å²) in [5, 5.41) is 11.6. The van der Waals surface area contributed by atoms with E-state index in [4.69, 9.17) is 0 Å². The highest BCUT2D eigenvalue weighted by molar-refractivity contribution is 7.09. The molecule has 5 heteroatoms. The quantitative estimate of drug-likeness (QED) is 0.578. The molecule has 0 fully saturated rings. The fraction of sp³-hybridized carbons (Fsp3) is 0.222. The molecule has 118 valence electrons. The van der Waals surface area contributed by atoms with E-state index >= 15 is 0 Å². The van der Waals surface area contributed by atoms with Crippen LogP contribution in [0, 0.1) is 13.8 Å². The van der Waals surface area contributed by atoms with Crippen molar-refractivity contribution in [2.75, 3.05) is 0 Å². The molecule has 0 amide bonds. The van der Waals surface area contributed by atoms with Crippen molar-refractivity contribution in [3.05, 3.63) is 69.9 Å². The van der Waals surface area contributed by atoms with Crippen molar-refractivity contribution >= 4 is 17.1 Å². The Hall–Kier alpha value is -2.40. The maximum Gasteiger partial charge on any atom is 0.229 e. The summed E-state index contributed by atoms with van der Waals surface area (Å²) in [5.41, 5.74) is 2.82. The van der Waals surface area contributed by atoms with Crippen molar-refractivity contribution in [1.82, 2.24) is 4.57 Å². The normalized spacial score (nSPS) is 10.9. The topological polar surface area (TPSA) is 46.1 Å². The molecule has 3 aromatic rings. The van der Waals surface area contributed by atoms with Crippen LogP contribution in [-0.4, -0.2) is 15.5 Å². The number of hydrogen-bond donors (Lipinski definition) is 1. The van der Waals surface area contributed by atoms with Crippen molar-refractivity contribution in [3.63, 3.8) is 0 Å². The molecule has 0 bridgehead atoms. The lowest BCUT2D eigenvalue weighted by molar-refractivity contribution is -0.683. The van der Waals surface area contributed by atoms with Crippen LogP contribution in [0.1, 0.15) is 26.6 Å². The van der Waals surface area contributed by atoms with Crippen LogP contribution in [0.5, 0.6) is 5.75 Å². The number of aromatic nitrogens is 2. The first kappa shape index (κ1) is 15.5. The van der Waals surface area contributed by atoms with Crippen LogP contribution in [0.3, 0.4) is 0 Å². The SMILES string of the molecule is Cc1cc(C(=O)C[n+]2cccc(O)c2)c(C)n1Cc1cccs1. The number of pyridine rings is 1. The first-order chi connectivity index (χ1) is 11.0. The van der Waals surface area contributed by atoms with Gasteiger partial charge in [0.15, 0.2) is 11.9 Å². The van der Waals surface area contributed by atoms with Gasteiger partial charge in [-0.15, -0.1) is 11.3 Å². The average Bonchev–Trinajstić information content (AvgIpc) is 3.11. The number of nitrogens with zero attached hydrogens (tertiary/aromatic N) is 2. The molecule has 0 spiro atoms. The van der Waals surface area contributed by atoms with Gasteiger partial charge in [0.05, 0.1) is 6.54 Å². The maximum absolute atomic E-state index is 12.6. The van der Waals surface area contributed by atoms with Crippen molar-refractivity contribution in [3.8, 4) is 5.75 Å². The van der Waals surface area contributed by atoms with Gasteiger partial charge in [-0.25, -0.2) is 0 Å². The molecule has 3 aromatic heterocycles. The third kappa shape index (κ3) is 3.35. The summed E-state index contributed by atoms with van der Waals surface area (Å²) in [6.45, 7) is 5.03. The summed E-state index contributed by atoms with van der Waals surface area (Å²) < 4.78 is 3.87. The average molecular weight is 327 g/mol. The second-order valence-electron chi connectivity index (χ2n) is 5.61. The molecule has 0 aliphatic heterocycles. The molecule has 0 aromatic carbocycles. The van der Waals surface area contributed by atoms with E-state index in [0.29, 0.717) is 0 Å². The van der Waals surface area contributed by atoms with Gasteiger partial charge in [0.1, 0.15) is 0 Å². The first-order valence-electron chi connectivity index (χ1n) is 7.45. The minimum Gasteiger partial charge on any atom is -0.503 e. The largest absolute Gasteiger partial charge is 0.503 e. The van der Waals surface area contributed by atoms with Gasteiger partial charge >= 0.3 is 0 Å². The van der Waals surface area contributed by atoms with Crippen LogP contribution in [0.25, 0.3) is 0 Å². The Kier molecular flexibility index (Phi) is 4.30. The fourth-order valence-electron chi connectivity index (χ4n) is 2.74. The molecule has 0 radical (unpaired) electrons. The molecule has 0 saturated heterocycles. The zero-order valence-electron chi connectivity index (χ0n) is 13.2. The van der Waals surface area contributed by atoms with Crippen LogP contribution >= 0.6 is 11.3 Å². The monoisotopic (exact) mass is 327 g/mol. The number of ketones is 1. The molecular formula is C18H19N2O2S+. The van der Waals surface area contributed by atoms with Crippen LogP contribution in [-0.2, 0) is 13.1 Å². The van der Waals surface area contributed by atoms with E-state index in [9.17, 15) is 9.90 Å². The van der Waals surface area contributed by atoms with Gasteiger partial charge in [-0.2, -0.15) is 4.57 Å². The van der Waals surface area contributed by atoms with Gasteiger partial charge in [-0.1, -0.05) is 6.07 Å². The van der Waals surface area contributed by atoms with Crippen LogP contribution in [0.15, 0.2) is 48.1 Å². The van der Waals surface area contributed by atoms with E-state index in [1.165, 1.54) is 4.88 Å². The standard InChI is InChI=1S/C18H18N2O2S/c1-13-9-17(14(2)20(13)11-16-6-4-8-23-16)18(22)12-19-7-3-5-15(21)10-19/h3-10H,11-12H2,1-2H3/p+1. The second kappa shape index (κ2) is 6.38. The summed E-state index contributed by atoms with van der Waals surface area (Å²) in [5.74, 6) is 0.203. The first-order valence-corrected chi connectivity index (χ1v) is 8.33. The third-order valence-electron chi connectivity index (χ3n) is 3.94. The Morgan fingerprint density at radius 3 is 2.83 bits per heavy atom. The summed E-state index contributed by atoms with van der Waals surface area (Å²) in [4.78, 5) is 13.9. The maximum atomic E-state index is 12.6. The molecule has 4 nitrogen and oxygen atoms in total. The minimum absolute atomic E-state index is 0.0473. The second-order valence-corrected chi connectivity index (χ2v) is 6.64. The molecule has 3 heterocycles. The fourth-order valence-corrected chi connectivity index (χ4v) is 3.44. The lowest BCUT2D eigenvalue weighted by atomic mass is 10.1. The highest BCUT2D eigenvalue weighted by Crippen LogP contribution is 2.19. The lowest BCUT2D eigenvalue weighted by Gasteiger charge is -2.08. The van der Waals surface area contributed by atoms with Gasteiger partial charge < -0.3 is 9.67 Å². The Morgan fingerprint density at radius 1 is 1.30 bits per heavy atom. The Balaban J connectivity index is 1.84. The summed E-state index contributed by atoms with van der Waals surface area (Å²) in [6, 6.07) is 9.41. The van der Waals surface area contributed by atoms with E-state index in [1.807, 2.05) is 26.0 Å². The third-order valence-corrected chi connectivity index (χ3v) is 4.80. The van der Waals surface area contributed by atoms with Gasteiger partial charge in [0, 0.05) is 27.9 Å². The van der Waals surface area contributed by atoms with Crippen LogP contribution < -0.4 is 4.57 Å². The van der Waals surface area contributed by atoms with Crippen LogP contribution in [0.4, 0.5) is 0 Å². The molecular weight excluding hydrogens is 308 g/mol. The minimum atomic E-state index is 0.0473. The van der Waals surface area contributed by atoms with Gasteiger partial charge in [0.2, 0.25) is 18.5 Å². The van der Waals surface area contributed by atoms with Gasteiger partial charge in [0.25, 0.3) is 0 Å². The molecule has 0 unspecified atom stereocenters. The zero-order valence-corrected chi connectivity index (χ0v) is 14.0. The number of aryl methyl sites for hydroxylation is 1. The molecule has 0 aliphatic rings. The summed E-state index contributed by atoms with van der Waals surface area (Å²) in [7, 11) is 0. The number of thiophene rings is 1. The van der Waals surface area contributed by atoms with E-state index < -0.39 is 0 Å². The predicted octanol–water partition coefficient (Wildman–Crippen LogP) is 3.09. The number of rotatable bonds is 5. The Bertz CT molecular complexity index is 835. The molecule has 0 saturated carbocycles. The lowest BCUT2D eigenvalue weighted by Crippen LogP contribution is -2.37. The van der Waals surface area contributed by atoms with Crippen LogP contribution in [0.2, 0.25) is 0 Å². The van der Waals surface area contributed by atoms with E-state index in [1.54, 1.807) is 40.4 Å². The molecule has 1 N–H and O–H groups in total. The van der Waals surface area contributed by atoms with Crippen molar-refractivity contribution < 1.29 is 14.5 Å². The highest BCUT2D eigenvalue weighted by Gasteiger charge is 2.19. The molecule has 0 aliphatic carbocycles. The number of Topliss-reactive ketones (excluding diaryl/α,β-unsaturated/α-hetero) is 1. The number of carbonyl (C=O) groups excluding carboxylic acids is 1. The number of aromatic hydroxyl groups is 1. The van der Waals surface area contributed by atoms with Crippen molar-refractivity contribution in [2.24, 2.45) is 0 Å². The smallest absolute Gasteiger partial charge is 0.229 e. The number of carbonyl (C=O) groups is 1. The summed E-state index contributed by atoms with van der Waals surface area (Å²) >= 11 is 1.72. The van der Waals surface area contributed by atoms with Gasteiger partial charge in [-0.3, -0.25) is 4.79 Å². The van der Waals surface area contributed by atoms with E-state index in [-0.39, 0.29) is 18.1 Å². The molecule has 3 rings (SSSR count). The highest BCUT2D eigenvalue weighted by atomic mass is 32.1.